The molecule has 0 amide bonds. The van der Waals surface area contributed by atoms with Crippen molar-refractivity contribution in [2.24, 2.45) is 0 Å². The molecule has 0 aliphatic heterocycles. The lowest BCUT2D eigenvalue weighted by Crippen LogP contribution is -2.28. The molecule has 0 aliphatic rings. The molecule has 0 rings (SSSR count). The number of esters is 2. The van der Waals surface area contributed by atoms with Crippen LogP contribution in [0.25, 0.3) is 0 Å². The van der Waals surface area contributed by atoms with E-state index in [1.54, 1.807) is 0 Å². The van der Waals surface area contributed by atoms with Crippen LogP contribution >= 0.6 is 7.82 Å². The molecule has 0 radical (unpaired) electrons. The summed E-state index contributed by atoms with van der Waals surface area (Å²) < 4.78 is 32.5. The van der Waals surface area contributed by atoms with Gasteiger partial charge in [0.2, 0.25) is 0 Å². The predicted molar refractivity (Wildman–Crippen MR) is 237 cm³/mol. The van der Waals surface area contributed by atoms with Crippen molar-refractivity contribution in [3.63, 3.8) is 0 Å². The van der Waals surface area contributed by atoms with Gasteiger partial charge in [0.1, 0.15) is 12.2 Å². The van der Waals surface area contributed by atoms with Crippen molar-refractivity contribution >= 4 is 19.8 Å². The number of hydrogen-bond donors (Lipinski definition) is 3. The lowest BCUT2D eigenvalue weighted by atomic mass is 10.1. The smallest absolute Gasteiger partial charge is 0.457 e. The van der Waals surface area contributed by atoms with E-state index >= 15 is 0 Å². The Morgan fingerprint density at radius 2 is 0.828 bits per heavy atom. The molecule has 332 valence electrons. The summed E-state index contributed by atoms with van der Waals surface area (Å²) in [6.45, 7) is 1.99. The molecule has 0 spiro atoms. The summed E-state index contributed by atoms with van der Waals surface area (Å²) in [4.78, 5) is 34.5. The van der Waals surface area contributed by atoms with Gasteiger partial charge in [-0.05, 0) is 83.5 Å². The number of phosphoric acid groups is 1. The molecular formula is C47H79O10P. The van der Waals surface area contributed by atoms with Crippen molar-refractivity contribution in [3.05, 3.63) is 85.1 Å². The summed E-state index contributed by atoms with van der Waals surface area (Å²) in [6.07, 6.45) is 49.9. The normalized spacial score (nSPS) is 14.6. The second-order valence-electron chi connectivity index (χ2n) is 14.3. The van der Waals surface area contributed by atoms with Crippen LogP contribution in [0, 0.1) is 0 Å². The topological polar surface area (TPSA) is 149 Å². The maximum Gasteiger partial charge on any atom is 0.472 e. The van der Waals surface area contributed by atoms with E-state index in [9.17, 15) is 29.3 Å². The first kappa shape index (κ1) is 55.2. The van der Waals surface area contributed by atoms with Gasteiger partial charge in [-0.1, -0.05) is 150 Å². The summed E-state index contributed by atoms with van der Waals surface area (Å²) in [7, 11) is -4.66. The highest BCUT2D eigenvalue weighted by Gasteiger charge is 2.27. The van der Waals surface area contributed by atoms with Gasteiger partial charge < -0.3 is 24.6 Å². The second kappa shape index (κ2) is 42.3. The number of aliphatic hydroxyl groups excluding tert-OH is 2. The number of unbranched alkanes of at least 4 members (excludes halogenated alkanes) is 12. The average molecular weight is 835 g/mol. The number of ether oxygens (including phenoxy) is 2. The zero-order valence-electron chi connectivity index (χ0n) is 36.0. The molecule has 0 saturated carbocycles. The van der Waals surface area contributed by atoms with Crippen LogP contribution in [-0.2, 0) is 32.7 Å². The van der Waals surface area contributed by atoms with Crippen LogP contribution in [0.2, 0.25) is 0 Å². The Morgan fingerprint density at radius 3 is 1.24 bits per heavy atom. The van der Waals surface area contributed by atoms with Crippen LogP contribution in [-0.4, -0.2) is 65.7 Å². The molecule has 3 atom stereocenters. The van der Waals surface area contributed by atoms with Crippen molar-refractivity contribution in [1.82, 2.24) is 0 Å². The Bertz CT molecular complexity index is 1240. The van der Waals surface area contributed by atoms with Gasteiger partial charge in [-0.15, -0.1) is 0 Å². The molecule has 58 heavy (non-hydrogen) atoms. The maximum atomic E-state index is 12.4. The lowest BCUT2D eigenvalue weighted by molar-refractivity contribution is -0.153. The number of allylic oxidation sites excluding steroid dienone is 14. The van der Waals surface area contributed by atoms with E-state index in [0.29, 0.717) is 19.3 Å². The minimum absolute atomic E-state index is 0.109. The fourth-order valence-corrected chi connectivity index (χ4v) is 6.26. The summed E-state index contributed by atoms with van der Waals surface area (Å²) in [5, 5.41) is 19.2. The van der Waals surface area contributed by atoms with Gasteiger partial charge in [-0.3, -0.25) is 18.6 Å². The first-order valence-corrected chi connectivity index (χ1v) is 23.5. The number of aliphatic hydroxyl groups is 2. The van der Waals surface area contributed by atoms with E-state index < -0.39 is 58.4 Å². The highest BCUT2D eigenvalue weighted by Crippen LogP contribution is 2.43. The number of carbonyl (C=O) groups is 2. The number of carbonyl (C=O) groups excluding carboxylic acids is 2. The second-order valence-corrected chi connectivity index (χ2v) is 15.7. The van der Waals surface area contributed by atoms with Gasteiger partial charge in [-0.2, -0.15) is 0 Å². The molecule has 0 heterocycles. The minimum atomic E-state index is -4.66. The van der Waals surface area contributed by atoms with Gasteiger partial charge >= 0.3 is 19.8 Å². The molecule has 0 aromatic heterocycles. The SMILES string of the molecule is CC/C=C\C/C=C\C/C=C\C/C=C\C/C=C\CCCC(=O)OC(CO)COP(=O)(O)OCC(CO)OC(=O)CCCCCCCCC/C=C\C/C=C\CCCCCC. The van der Waals surface area contributed by atoms with Gasteiger partial charge in [0.25, 0.3) is 0 Å². The maximum absolute atomic E-state index is 12.4. The molecule has 10 nitrogen and oxygen atoms in total. The van der Waals surface area contributed by atoms with E-state index in [1.807, 2.05) is 12.2 Å². The summed E-state index contributed by atoms with van der Waals surface area (Å²) >= 11 is 0. The quantitative estimate of drug-likeness (QED) is 0.0236. The summed E-state index contributed by atoms with van der Waals surface area (Å²) in [5.41, 5.74) is 0. The van der Waals surface area contributed by atoms with Gasteiger partial charge in [0.05, 0.1) is 26.4 Å². The number of hydrogen-bond acceptors (Lipinski definition) is 9. The van der Waals surface area contributed by atoms with Gasteiger partial charge in [0.15, 0.2) is 0 Å². The van der Waals surface area contributed by atoms with Crippen molar-refractivity contribution in [3.8, 4) is 0 Å². The van der Waals surface area contributed by atoms with Crippen molar-refractivity contribution in [2.75, 3.05) is 26.4 Å². The van der Waals surface area contributed by atoms with Crippen LogP contribution in [0.3, 0.4) is 0 Å². The van der Waals surface area contributed by atoms with E-state index in [0.717, 1.165) is 70.6 Å². The Morgan fingerprint density at radius 1 is 0.483 bits per heavy atom. The van der Waals surface area contributed by atoms with E-state index in [1.165, 1.54) is 44.9 Å². The Hall–Kier alpha value is -2.85. The lowest BCUT2D eigenvalue weighted by Gasteiger charge is -2.20. The zero-order chi connectivity index (χ0) is 42.6. The van der Waals surface area contributed by atoms with Gasteiger partial charge in [0, 0.05) is 12.8 Å². The molecule has 11 heteroatoms. The Kier molecular flexibility index (Phi) is 40.2. The first-order valence-electron chi connectivity index (χ1n) is 22.0. The van der Waals surface area contributed by atoms with Crippen LogP contribution in [0.4, 0.5) is 0 Å². The van der Waals surface area contributed by atoms with Crippen LogP contribution in [0.1, 0.15) is 162 Å². The molecular weight excluding hydrogens is 755 g/mol. The highest BCUT2D eigenvalue weighted by atomic mass is 31.2. The standard InChI is InChI=1S/C47H79O10P/c1-3-5-7-9-11-13-15-17-19-21-23-25-27-29-31-33-35-37-39-47(51)57-45(41-49)43-55-58(52,53)54-42-44(40-48)56-46(50)38-36-34-32-30-28-26-24-22-20-18-16-14-12-10-8-6-4-2/h6,8,12-15,18-21,24,26,30,32,44-45,48-49H,3-5,7,9-11,16-17,22-23,25,27-29,31,33-43H2,1-2H3,(H,52,53)/b8-6-,14-12-,15-13-,20-18-,21-19-,26-24-,32-30-. The minimum Gasteiger partial charge on any atom is -0.457 e. The molecule has 0 aromatic rings. The Balaban J connectivity index is 4.02. The zero-order valence-corrected chi connectivity index (χ0v) is 36.9. The molecule has 0 aromatic carbocycles. The van der Waals surface area contributed by atoms with Crippen molar-refractivity contribution in [2.45, 2.75) is 174 Å². The van der Waals surface area contributed by atoms with Gasteiger partial charge in [-0.25, -0.2) is 4.57 Å². The molecule has 0 bridgehead atoms. The molecule has 3 unspecified atom stereocenters. The van der Waals surface area contributed by atoms with Crippen LogP contribution < -0.4 is 0 Å². The third-order valence-electron chi connectivity index (χ3n) is 8.84. The largest absolute Gasteiger partial charge is 0.472 e. The summed E-state index contributed by atoms with van der Waals surface area (Å²) in [6, 6.07) is 0. The molecule has 0 aliphatic carbocycles. The van der Waals surface area contributed by atoms with Crippen LogP contribution in [0.15, 0.2) is 85.1 Å². The number of rotatable bonds is 40. The Labute approximate surface area is 351 Å². The summed E-state index contributed by atoms with van der Waals surface area (Å²) in [5.74, 6) is -1.09. The monoisotopic (exact) mass is 835 g/mol. The van der Waals surface area contributed by atoms with Crippen molar-refractivity contribution in [1.29, 1.82) is 0 Å². The molecule has 0 saturated heterocycles. The van der Waals surface area contributed by atoms with E-state index in [-0.39, 0.29) is 12.8 Å². The highest BCUT2D eigenvalue weighted by molar-refractivity contribution is 7.47. The number of phosphoric ester groups is 1. The molecule has 0 fully saturated rings. The third kappa shape index (κ3) is 40.0. The van der Waals surface area contributed by atoms with E-state index in [2.05, 4.69) is 86.8 Å². The third-order valence-corrected chi connectivity index (χ3v) is 9.79. The van der Waals surface area contributed by atoms with Crippen molar-refractivity contribution < 1.29 is 47.8 Å². The van der Waals surface area contributed by atoms with Crippen LogP contribution in [0.5, 0.6) is 0 Å². The average Bonchev–Trinajstić information content (AvgIpc) is 3.21. The van der Waals surface area contributed by atoms with E-state index in [4.69, 9.17) is 18.5 Å². The first-order chi connectivity index (χ1) is 28.3. The fraction of sp³-hybridized carbons (Fsp3) is 0.660. The fourth-order valence-electron chi connectivity index (χ4n) is 5.47. The molecule has 3 N–H and O–H groups in total. The predicted octanol–water partition coefficient (Wildman–Crippen LogP) is 11.8.